The molecule has 0 aromatic carbocycles. The lowest BCUT2D eigenvalue weighted by Gasteiger charge is -2.38. The summed E-state index contributed by atoms with van der Waals surface area (Å²) in [6.07, 6.45) is 4.72. The van der Waals surface area contributed by atoms with Crippen LogP contribution < -0.4 is 0 Å². The van der Waals surface area contributed by atoms with Crippen LogP contribution in [-0.2, 0) is 18.1 Å². The van der Waals surface area contributed by atoms with Crippen molar-refractivity contribution in [2.75, 3.05) is 19.8 Å². The van der Waals surface area contributed by atoms with Crippen LogP contribution in [0.5, 0.6) is 0 Å². The van der Waals surface area contributed by atoms with E-state index >= 15 is 0 Å². The molecule has 2 N–H and O–H groups in total. The fourth-order valence-corrected chi connectivity index (χ4v) is 4.53. The van der Waals surface area contributed by atoms with Crippen molar-refractivity contribution >= 4 is 7.82 Å². The van der Waals surface area contributed by atoms with Crippen molar-refractivity contribution in [2.45, 2.75) is 45.1 Å². The van der Waals surface area contributed by atoms with Crippen LogP contribution in [0.2, 0.25) is 0 Å². The van der Waals surface area contributed by atoms with Gasteiger partial charge in [0.15, 0.2) is 0 Å². The number of phosphoric acid groups is 1. The van der Waals surface area contributed by atoms with E-state index in [-0.39, 0.29) is 37.4 Å². The summed E-state index contributed by atoms with van der Waals surface area (Å²) in [4.78, 5) is 0. The van der Waals surface area contributed by atoms with Crippen LogP contribution in [0.25, 0.3) is 0 Å². The lowest BCUT2D eigenvalue weighted by molar-refractivity contribution is -0.0227. The van der Waals surface area contributed by atoms with Crippen molar-refractivity contribution in [1.29, 1.82) is 0 Å². The molecule has 7 heteroatoms. The molecule has 2 rings (SSSR count). The summed E-state index contributed by atoms with van der Waals surface area (Å²) < 4.78 is 28.3. The first-order valence-electron chi connectivity index (χ1n) is 7.61. The third-order valence-electron chi connectivity index (χ3n) is 4.21. The Hall–Kier alpha value is -0.390. The standard InChI is InChI=1S/C14H25O6P/c1-3-18-21(17,19-4-2)20-13-9-11(10-15)8-12-6-5-7-14(12,13)16/h9,11-12,15-16H,3-8,10H2,1-2H3/t11?,12-,14-/m1/s1. The maximum Gasteiger partial charge on any atom is 0.529 e. The maximum absolute atomic E-state index is 12.5. The Morgan fingerprint density at radius 1 is 1.38 bits per heavy atom. The average Bonchev–Trinajstić information content (AvgIpc) is 2.81. The lowest BCUT2D eigenvalue weighted by Crippen LogP contribution is -2.41. The van der Waals surface area contributed by atoms with Crippen molar-refractivity contribution in [2.24, 2.45) is 11.8 Å². The van der Waals surface area contributed by atoms with Crippen LogP contribution in [0.15, 0.2) is 11.8 Å². The fourth-order valence-electron chi connectivity index (χ4n) is 3.25. The Labute approximate surface area is 125 Å². The zero-order valence-corrected chi connectivity index (χ0v) is 13.6. The SMILES string of the molecule is CCOP(=O)(OCC)OC1=CC(CO)C[C@H]2CCC[C@]12O. The van der Waals surface area contributed by atoms with E-state index in [1.807, 2.05) is 0 Å². The van der Waals surface area contributed by atoms with Crippen LogP contribution in [0.4, 0.5) is 0 Å². The summed E-state index contributed by atoms with van der Waals surface area (Å²) in [5.74, 6) is 0.159. The summed E-state index contributed by atoms with van der Waals surface area (Å²) in [7, 11) is -3.73. The summed E-state index contributed by atoms with van der Waals surface area (Å²) in [6, 6.07) is 0. The molecule has 0 bridgehead atoms. The number of aliphatic hydroxyl groups excluding tert-OH is 1. The highest BCUT2D eigenvalue weighted by atomic mass is 31.2. The molecule has 0 aromatic heterocycles. The molecule has 1 unspecified atom stereocenters. The van der Waals surface area contributed by atoms with E-state index in [1.165, 1.54) is 0 Å². The zero-order chi connectivity index (χ0) is 15.5. The van der Waals surface area contributed by atoms with Crippen molar-refractivity contribution in [3.8, 4) is 0 Å². The molecular formula is C14H25O6P. The normalized spacial score (nSPS) is 32.7. The molecule has 21 heavy (non-hydrogen) atoms. The van der Waals surface area contributed by atoms with E-state index in [2.05, 4.69) is 0 Å². The Bertz CT molecular complexity index is 427. The van der Waals surface area contributed by atoms with Crippen molar-refractivity contribution < 1.29 is 28.3 Å². The molecule has 6 nitrogen and oxygen atoms in total. The Morgan fingerprint density at radius 2 is 2.05 bits per heavy atom. The van der Waals surface area contributed by atoms with E-state index in [1.54, 1.807) is 19.9 Å². The van der Waals surface area contributed by atoms with E-state index in [0.717, 1.165) is 12.8 Å². The molecule has 0 spiro atoms. The van der Waals surface area contributed by atoms with E-state index < -0.39 is 13.4 Å². The number of hydrogen-bond acceptors (Lipinski definition) is 6. The molecule has 0 aromatic rings. The van der Waals surface area contributed by atoms with Gasteiger partial charge in [-0.15, -0.1) is 0 Å². The summed E-state index contributed by atoms with van der Waals surface area (Å²) in [6.45, 7) is 3.76. The van der Waals surface area contributed by atoms with Crippen LogP contribution in [-0.4, -0.2) is 35.6 Å². The van der Waals surface area contributed by atoms with Gasteiger partial charge in [0.2, 0.25) is 0 Å². The predicted octanol–water partition coefficient (Wildman–Crippen LogP) is 2.61. The molecule has 0 aliphatic heterocycles. The number of aliphatic hydroxyl groups is 2. The van der Waals surface area contributed by atoms with Gasteiger partial charge >= 0.3 is 7.82 Å². The lowest BCUT2D eigenvalue weighted by atomic mass is 9.77. The summed E-state index contributed by atoms with van der Waals surface area (Å²) in [5.41, 5.74) is -1.12. The van der Waals surface area contributed by atoms with Crippen molar-refractivity contribution in [3.05, 3.63) is 11.8 Å². The first-order chi connectivity index (χ1) is 9.97. The van der Waals surface area contributed by atoms with E-state index in [4.69, 9.17) is 13.6 Å². The van der Waals surface area contributed by atoms with Gasteiger partial charge in [0, 0.05) is 12.5 Å². The van der Waals surface area contributed by atoms with Gasteiger partial charge in [-0.2, -0.15) is 0 Å². The van der Waals surface area contributed by atoms with Crippen LogP contribution in [0.1, 0.15) is 39.5 Å². The third kappa shape index (κ3) is 3.51. The van der Waals surface area contributed by atoms with Gasteiger partial charge in [0.1, 0.15) is 11.4 Å². The second-order valence-electron chi connectivity index (χ2n) is 5.60. The molecular weight excluding hydrogens is 295 g/mol. The summed E-state index contributed by atoms with van der Waals surface area (Å²) >= 11 is 0. The highest BCUT2D eigenvalue weighted by molar-refractivity contribution is 7.48. The molecule has 1 saturated carbocycles. The van der Waals surface area contributed by atoms with Gasteiger partial charge in [-0.05, 0) is 51.5 Å². The second kappa shape index (κ2) is 6.80. The predicted molar refractivity (Wildman–Crippen MR) is 77.5 cm³/mol. The van der Waals surface area contributed by atoms with Gasteiger partial charge in [-0.25, -0.2) is 4.57 Å². The van der Waals surface area contributed by atoms with Crippen LogP contribution in [0, 0.1) is 11.8 Å². The molecule has 0 radical (unpaired) electrons. The smallest absolute Gasteiger partial charge is 0.406 e. The fraction of sp³-hybridized carbons (Fsp3) is 0.857. The Balaban J connectivity index is 2.25. The van der Waals surface area contributed by atoms with Crippen LogP contribution >= 0.6 is 7.82 Å². The molecule has 0 heterocycles. The topological polar surface area (TPSA) is 85.2 Å². The minimum atomic E-state index is -3.73. The molecule has 1 fully saturated rings. The number of fused-ring (bicyclic) bond motifs is 1. The molecule has 0 saturated heterocycles. The van der Waals surface area contributed by atoms with E-state index in [9.17, 15) is 14.8 Å². The average molecular weight is 320 g/mol. The molecule has 2 aliphatic rings. The van der Waals surface area contributed by atoms with Crippen LogP contribution in [0.3, 0.4) is 0 Å². The van der Waals surface area contributed by atoms with Crippen molar-refractivity contribution in [3.63, 3.8) is 0 Å². The van der Waals surface area contributed by atoms with Gasteiger partial charge in [-0.3, -0.25) is 9.05 Å². The minimum absolute atomic E-state index is 0.0198. The Morgan fingerprint density at radius 3 is 2.62 bits per heavy atom. The van der Waals surface area contributed by atoms with Gasteiger partial charge in [0.05, 0.1) is 13.2 Å². The first kappa shape index (κ1) is 17.0. The monoisotopic (exact) mass is 320 g/mol. The van der Waals surface area contributed by atoms with Gasteiger partial charge < -0.3 is 14.7 Å². The molecule has 0 amide bonds. The van der Waals surface area contributed by atoms with Gasteiger partial charge in [-0.1, -0.05) is 0 Å². The third-order valence-corrected chi connectivity index (χ3v) is 5.78. The number of rotatable bonds is 7. The highest BCUT2D eigenvalue weighted by Gasteiger charge is 2.50. The van der Waals surface area contributed by atoms with Gasteiger partial charge in [0.25, 0.3) is 0 Å². The van der Waals surface area contributed by atoms with Crippen molar-refractivity contribution in [1.82, 2.24) is 0 Å². The minimum Gasteiger partial charge on any atom is -0.406 e. The van der Waals surface area contributed by atoms with E-state index in [0.29, 0.717) is 12.8 Å². The Kier molecular flexibility index (Phi) is 5.49. The molecule has 122 valence electrons. The maximum atomic E-state index is 12.5. The summed E-state index contributed by atoms with van der Waals surface area (Å²) in [5, 5.41) is 20.3. The molecule has 2 aliphatic carbocycles. The first-order valence-corrected chi connectivity index (χ1v) is 9.07. The highest BCUT2D eigenvalue weighted by Crippen LogP contribution is 2.57. The molecule has 3 atom stereocenters. The number of phosphoric ester groups is 1. The second-order valence-corrected chi connectivity index (χ2v) is 7.19. The zero-order valence-electron chi connectivity index (χ0n) is 12.7. The number of hydrogen-bond donors (Lipinski definition) is 2. The quantitative estimate of drug-likeness (QED) is 0.701. The largest absolute Gasteiger partial charge is 0.529 e.